The van der Waals surface area contributed by atoms with E-state index in [2.05, 4.69) is 25.2 Å². The number of carbonyl (C=O) groups excluding carboxylic acids is 1. The fourth-order valence-corrected chi connectivity index (χ4v) is 4.07. The van der Waals surface area contributed by atoms with Gasteiger partial charge in [-0.15, -0.1) is 0 Å². The molecule has 26 heavy (non-hydrogen) atoms. The quantitative estimate of drug-likeness (QED) is 0.664. The summed E-state index contributed by atoms with van der Waals surface area (Å²) in [4.78, 5) is 14.3. The molecule has 2 atom stereocenters. The van der Waals surface area contributed by atoms with E-state index in [0.717, 1.165) is 31.2 Å². The predicted octanol–water partition coefficient (Wildman–Crippen LogP) is 4.67. The summed E-state index contributed by atoms with van der Waals surface area (Å²) in [6.45, 7) is 5.41. The molecule has 144 valence electrons. The molecule has 1 aliphatic rings. The Hall–Kier alpha value is -1.81. The summed E-state index contributed by atoms with van der Waals surface area (Å²) in [6.07, 6.45) is 8.59. The van der Waals surface area contributed by atoms with Gasteiger partial charge in [-0.1, -0.05) is 62.2 Å². The van der Waals surface area contributed by atoms with E-state index < -0.39 is 6.10 Å². The molecule has 4 heteroatoms. The van der Waals surface area contributed by atoms with Gasteiger partial charge in [-0.05, 0) is 37.7 Å². The van der Waals surface area contributed by atoms with Gasteiger partial charge in [0.05, 0.1) is 12.6 Å². The third kappa shape index (κ3) is 5.34. The fourth-order valence-electron chi connectivity index (χ4n) is 4.07. The number of aliphatic hydroxyl groups excluding tert-OH is 1. The maximum absolute atomic E-state index is 12.5. The summed E-state index contributed by atoms with van der Waals surface area (Å²) in [7, 11) is 1.65. The van der Waals surface area contributed by atoms with E-state index in [1.807, 2.05) is 30.3 Å². The van der Waals surface area contributed by atoms with Gasteiger partial charge in [-0.3, -0.25) is 0 Å². The Morgan fingerprint density at radius 1 is 1.31 bits per heavy atom. The Labute approximate surface area is 158 Å². The van der Waals surface area contributed by atoms with Gasteiger partial charge in [-0.2, -0.15) is 0 Å². The van der Waals surface area contributed by atoms with Crippen molar-refractivity contribution in [2.24, 2.45) is 5.41 Å². The Kier molecular flexibility index (Phi) is 7.70. The largest absolute Gasteiger partial charge is 0.387 e. The first-order valence-electron chi connectivity index (χ1n) is 9.89. The van der Waals surface area contributed by atoms with Gasteiger partial charge in [0.15, 0.2) is 0 Å². The van der Waals surface area contributed by atoms with Crippen LogP contribution in [0.3, 0.4) is 0 Å². The normalized spacial score (nSPS) is 17.8. The maximum Gasteiger partial charge on any atom is 0.317 e. The number of benzene rings is 1. The summed E-state index contributed by atoms with van der Waals surface area (Å²) in [5.74, 6) is 0. The smallest absolute Gasteiger partial charge is 0.317 e. The number of aliphatic hydroxyl groups is 1. The molecule has 2 unspecified atom stereocenters. The summed E-state index contributed by atoms with van der Waals surface area (Å²) in [5, 5.41) is 13.4. The molecule has 2 amide bonds. The minimum atomic E-state index is -0.681. The Morgan fingerprint density at radius 2 is 2.04 bits per heavy atom. The minimum absolute atomic E-state index is 0.0297. The van der Waals surface area contributed by atoms with Crippen LogP contribution in [-0.4, -0.2) is 36.2 Å². The molecule has 0 aromatic heterocycles. The highest BCUT2D eigenvalue weighted by Crippen LogP contribution is 2.39. The summed E-state index contributed by atoms with van der Waals surface area (Å²) < 4.78 is 0. The lowest BCUT2D eigenvalue weighted by Gasteiger charge is -2.39. The molecule has 0 radical (unpaired) electrons. The van der Waals surface area contributed by atoms with Crippen LogP contribution in [0.15, 0.2) is 42.0 Å². The molecular weight excluding hydrogens is 324 g/mol. The van der Waals surface area contributed by atoms with Crippen LogP contribution in [0, 0.1) is 5.41 Å². The van der Waals surface area contributed by atoms with Crippen molar-refractivity contribution in [1.82, 2.24) is 10.2 Å². The lowest BCUT2D eigenvalue weighted by Crippen LogP contribution is -2.46. The first-order chi connectivity index (χ1) is 12.5. The van der Waals surface area contributed by atoms with Crippen LogP contribution in [0.25, 0.3) is 0 Å². The number of nitrogens with zero attached hydrogens (tertiary/aromatic N) is 1. The van der Waals surface area contributed by atoms with Crippen molar-refractivity contribution in [3.05, 3.63) is 47.5 Å². The molecule has 0 spiro atoms. The first-order valence-corrected chi connectivity index (χ1v) is 9.89. The second-order valence-electron chi connectivity index (χ2n) is 7.65. The summed E-state index contributed by atoms with van der Waals surface area (Å²) in [6, 6.07) is 9.44. The van der Waals surface area contributed by atoms with Crippen LogP contribution in [-0.2, 0) is 0 Å². The van der Waals surface area contributed by atoms with Gasteiger partial charge in [0.1, 0.15) is 0 Å². The zero-order valence-corrected chi connectivity index (χ0v) is 16.5. The van der Waals surface area contributed by atoms with Gasteiger partial charge in [0.2, 0.25) is 0 Å². The topological polar surface area (TPSA) is 52.6 Å². The summed E-state index contributed by atoms with van der Waals surface area (Å²) >= 11 is 0. The van der Waals surface area contributed by atoms with Crippen molar-refractivity contribution in [1.29, 1.82) is 0 Å². The first kappa shape index (κ1) is 20.5. The molecule has 0 heterocycles. The van der Waals surface area contributed by atoms with Crippen molar-refractivity contribution in [2.75, 3.05) is 20.1 Å². The highest BCUT2D eigenvalue weighted by Gasteiger charge is 2.33. The van der Waals surface area contributed by atoms with E-state index in [4.69, 9.17) is 0 Å². The van der Waals surface area contributed by atoms with E-state index in [-0.39, 0.29) is 11.4 Å². The van der Waals surface area contributed by atoms with Crippen LogP contribution >= 0.6 is 0 Å². The Morgan fingerprint density at radius 3 is 2.62 bits per heavy atom. The molecular formula is C22H34N2O2. The van der Waals surface area contributed by atoms with E-state index >= 15 is 0 Å². The lowest BCUT2D eigenvalue weighted by molar-refractivity contribution is 0.102. The fraction of sp³-hybridized carbons (Fsp3) is 0.591. The second kappa shape index (κ2) is 9.77. The average molecular weight is 359 g/mol. The standard InChI is InChI=1S/C22H34N2O2/c1-4-15-22(2,19-13-9-6-10-14-19)17-24(21(26)23-3)16-20(25)18-11-7-5-8-12-18/h5,7-8,11-13,20,25H,4,6,9-10,14-17H2,1-3H3,(H,23,26). The molecule has 1 aromatic rings. The molecule has 2 N–H and O–H groups in total. The van der Waals surface area contributed by atoms with Crippen molar-refractivity contribution in [3.8, 4) is 0 Å². The van der Waals surface area contributed by atoms with Gasteiger partial charge >= 0.3 is 6.03 Å². The molecule has 0 fully saturated rings. The van der Waals surface area contributed by atoms with Crippen molar-refractivity contribution >= 4 is 6.03 Å². The minimum Gasteiger partial charge on any atom is -0.387 e. The summed E-state index contributed by atoms with van der Waals surface area (Å²) in [5.41, 5.74) is 2.29. The van der Waals surface area contributed by atoms with Crippen molar-refractivity contribution < 1.29 is 9.90 Å². The van der Waals surface area contributed by atoms with Crippen LogP contribution in [0.5, 0.6) is 0 Å². The van der Waals surface area contributed by atoms with Crippen LogP contribution < -0.4 is 5.32 Å². The average Bonchev–Trinajstić information content (AvgIpc) is 2.68. The van der Waals surface area contributed by atoms with Crippen molar-refractivity contribution in [2.45, 2.75) is 58.5 Å². The van der Waals surface area contributed by atoms with Crippen LogP contribution in [0.2, 0.25) is 0 Å². The highest BCUT2D eigenvalue weighted by atomic mass is 16.3. The number of amides is 2. The van der Waals surface area contributed by atoms with Gasteiger partial charge in [0, 0.05) is 19.0 Å². The second-order valence-corrected chi connectivity index (χ2v) is 7.65. The molecule has 0 saturated carbocycles. The van der Waals surface area contributed by atoms with Gasteiger partial charge in [-0.25, -0.2) is 4.79 Å². The molecule has 1 aromatic carbocycles. The number of nitrogens with one attached hydrogen (secondary N) is 1. The van der Waals surface area contributed by atoms with Crippen molar-refractivity contribution in [3.63, 3.8) is 0 Å². The number of allylic oxidation sites excluding steroid dienone is 1. The molecule has 2 rings (SSSR count). The van der Waals surface area contributed by atoms with E-state index in [1.54, 1.807) is 11.9 Å². The van der Waals surface area contributed by atoms with Crippen LogP contribution in [0.4, 0.5) is 4.79 Å². The number of hydrogen-bond donors (Lipinski definition) is 2. The van der Waals surface area contributed by atoms with Gasteiger partial charge in [0.25, 0.3) is 0 Å². The molecule has 1 aliphatic carbocycles. The monoisotopic (exact) mass is 358 g/mol. The number of hydrogen-bond acceptors (Lipinski definition) is 2. The lowest BCUT2D eigenvalue weighted by atomic mass is 9.73. The van der Waals surface area contributed by atoms with Gasteiger partial charge < -0.3 is 15.3 Å². The van der Waals surface area contributed by atoms with E-state index in [0.29, 0.717) is 13.1 Å². The third-order valence-electron chi connectivity index (χ3n) is 5.49. The molecule has 4 nitrogen and oxygen atoms in total. The Bertz CT molecular complexity index is 599. The number of rotatable bonds is 8. The zero-order chi connectivity index (χ0) is 19.0. The molecule has 0 bridgehead atoms. The maximum atomic E-state index is 12.5. The molecule has 0 aliphatic heterocycles. The van der Waals surface area contributed by atoms with Crippen LogP contribution in [0.1, 0.15) is 64.0 Å². The zero-order valence-electron chi connectivity index (χ0n) is 16.5. The Balaban J connectivity index is 2.19. The number of urea groups is 1. The van der Waals surface area contributed by atoms with E-state index in [1.165, 1.54) is 18.4 Å². The molecule has 0 saturated heterocycles. The highest BCUT2D eigenvalue weighted by molar-refractivity contribution is 5.74. The van der Waals surface area contributed by atoms with E-state index in [9.17, 15) is 9.90 Å². The third-order valence-corrected chi connectivity index (χ3v) is 5.49. The SMILES string of the molecule is CCCC(C)(CN(CC(O)c1ccccc1)C(=O)NC)C1=CCCCC1. The number of carbonyl (C=O) groups is 1. The predicted molar refractivity (Wildman–Crippen MR) is 107 cm³/mol.